The molecule has 4 heteroatoms. The molecule has 0 heterocycles. The van der Waals surface area contributed by atoms with Crippen LogP contribution in [0.2, 0.25) is 0 Å². The van der Waals surface area contributed by atoms with Crippen LogP contribution in [0.3, 0.4) is 0 Å². The van der Waals surface area contributed by atoms with Crippen LogP contribution in [0, 0.1) is 0 Å². The number of benzene rings is 2. The van der Waals surface area contributed by atoms with Gasteiger partial charge in [0.15, 0.2) is 0 Å². The van der Waals surface area contributed by atoms with Crippen LogP contribution in [0.1, 0.15) is 23.4 Å². The highest BCUT2D eigenvalue weighted by Gasteiger charge is 2.18. The predicted molar refractivity (Wildman–Crippen MR) is 86.0 cm³/mol. The molecule has 0 amide bonds. The number of halogens is 2. The lowest BCUT2D eigenvalue weighted by Gasteiger charge is -2.16. The maximum Gasteiger partial charge on any atom is 0.123 e. The Bertz CT molecular complexity index is 586. The summed E-state index contributed by atoms with van der Waals surface area (Å²) < 4.78 is 11.8. The second-order valence-electron chi connectivity index (χ2n) is 4.22. The molecular formula is C16H16BrClO2. The molecule has 0 N–H and O–H groups in total. The molecule has 0 aromatic heterocycles. The van der Waals surface area contributed by atoms with E-state index in [1.165, 1.54) is 0 Å². The number of ether oxygens (including phenoxy) is 2. The van der Waals surface area contributed by atoms with E-state index in [2.05, 4.69) is 15.9 Å². The van der Waals surface area contributed by atoms with E-state index in [0.717, 1.165) is 27.1 Å². The topological polar surface area (TPSA) is 18.5 Å². The Labute approximate surface area is 132 Å². The van der Waals surface area contributed by atoms with Crippen molar-refractivity contribution in [3.05, 3.63) is 58.1 Å². The summed E-state index contributed by atoms with van der Waals surface area (Å²) in [5.41, 5.74) is 1.93. The van der Waals surface area contributed by atoms with Crippen LogP contribution in [-0.4, -0.2) is 13.7 Å². The molecule has 2 nitrogen and oxygen atoms in total. The van der Waals surface area contributed by atoms with Crippen LogP contribution in [0.15, 0.2) is 46.9 Å². The minimum absolute atomic E-state index is 0.281. The first-order valence-corrected chi connectivity index (χ1v) is 7.59. The van der Waals surface area contributed by atoms with Crippen molar-refractivity contribution in [2.24, 2.45) is 0 Å². The summed E-state index contributed by atoms with van der Waals surface area (Å²) in [4.78, 5) is 0. The van der Waals surface area contributed by atoms with Gasteiger partial charge in [0, 0.05) is 10.0 Å². The lowest BCUT2D eigenvalue weighted by molar-refractivity contribution is 0.340. The third-order valence-corrected chi connectivity index (χ3v) is 4.12. The van der Waals surface area contributed by atoms with Gasteiger partial charge in [0.25, 0.3) is 0 Å². The normalized spacial score (nSPS) is 12.0. The summed E-state index contributed by atoms with van der Waals surface area (Å²) in [7, 11) is 1.65. The quantitative estimate of drug-likeness (QED) is 0.688. The van der Waals surface area contributed by atoms with Crippen molar-refractivity contribution in [1.29, 1.82) is 0 Å². The predicted octanol–water partition coefficient (Wildman–Crippen LogP) is 5.18. The van der Waals surface area contributed by atoms with Crippen molar-refractivity contribution in [1.82, 2.24) is 0 Å². The van der Waals surface area contributed by atoms with Gasteiger partial charge in [-0.15, -0.1) is 11.6 Å². The average Bonchev–Trinajstić information content (AvgIpc) is 2.47. The molecule has 1 unspecified atom stereocenters. The number of hydrogen-bond acceptors (Lipinski definition) is 2. The first-order valence-electron chi connectivity index (χ1n) is 6.36. The highest BCUT2D eigenvalue weighted by molar-refractivity contribution is 9.10. The number of hydrogen-bond donors (Lipinski definition) is 0. The molecule has 0 bridgehead atoms. The van der Waals surface area contributed by atoms with Gasteiger partial charge < -0.3 is 9.47 Å². The van der Waals surface area contributed by atoms with Gasteiger partial charge in [-0.3, -0.25) is 0 Å². The third-order valence-electron chi connectivity index (χ3n) is 2.97. The fraction of sp³-hybridized carbons (Fsp3) is 0.250. The molecule has 0 saturated heterocycles. The van der Waals surface area contributed by atoms with Crippen molar-refractivity contribution < 1.29 is 9.47 Å². The van der Waals surface area contributed by atoms with Crippen molar-refractivity contribution in [3.63, 3.8) is 0 Å². The molecule has 0 aliphatic rings. The van der Waals surface area contributed by atoms with Crippen molar-refractivity contribution in [2.45, 2.75) is 12.3 Å². The second-order valence-corrected chi connectivity index (χ2v) is 5.51. The van der Waals surface area contributed by atoms with Crippen molar-refractivity contribution in [3.8, 4) is 11.5 Å². The van der Waals surface area contributed by atoms with Gasteiger partial charge in [-0.05, 0) is 30.7 Å². The minimum Gasteiger partial charge on any atom is -0.496 e. The van der Waals surface area contributed by atoms with Gasteiger partial charge in [0.1, 0.15) is 11.5 Å². The van der Waals surface area contributed by atoms with E-state index in [4.69, 9.17) is 21.1 Å². The van der Waals surface area contributed by atoms with Crippen LogP contribution in [0.4, 0.5) is 0 Å². The van der Waals surface area contributed by atoms with Crippen molar-refractivity contribution >= 4 is 27.5 Å². The molecule has 2 rings (SSSR count). The van der Waals surface area contributed by atoms with E-state index in [9.17, 15) is 0 Å². The Hall–Kier alpha value is -1.19. The Morgan fingerprint density at radius 1 is 1.15 bits per heavy atom. The van der Waals surface area contributed by atoms with Gasteiger partial charge in [-0.2, -0.15) is 0 Å². The highest BCUT2D eigenvalue weighted by atomic mass is 79.9. The largest absolute Gasteiger partial charge is 0.496 e. The summed E-state index contributed by atoms with van der Waals surface area (Å²) in [6.45, 7) is 2.60. The number of methoxy groups -OCH3 is 1. The molecule has 0 saturated carbocycles. The van der Waals surface area contributed by atoms with E-state index < -0.39 is 0 Å². The second kappa shape index (κ2) is 7.00. The van der Waals surface area contributed by atoms with Gasteiger partial charge >= 0.3 is 0 Å². The number of para-hydroxylation sites is 1. The Morgan fingerprint density at radius 3 is 2.55 bits per heavy atom. The van der Waals surface area contributed by atoms with Crippen molar-refractivity contribution in [2.75, 3.05) is 13.7 Å². The van der Waals surface area contributed by atoms with Gasteiger partial charge in [0.2, 0.25) is 0 Å². The van der Waals surface area contributed by atoms with Gasteiger partial charge in [-0.25, -0.2) is 0 Å². The van der Waals surface area contributed by atoms with E-state index in [-0.39, 0.29) is 5.38 Å². The SMILES string of the molecule is CCOc1ccc(C(Cl)c2ccccc2OC)c(Br)c1. The fourth-order valence-corrected chi connectivity index (χ4v) is 3.10. The number of rotatable bonds is 5. The zero-order valence-electron chi connectivity index (χ0n) is 11.4. The summed E-state index contributed by atoms with van der Waals surface area (Å²) in [6.07, 6.45) is 0. The zero-order chi connectivity index (χ0) is 14.5. The first kappa shape index (κ1) is 15.2. The van der Waals surface area contributed by atoms with E-state index in [1.807, 2.05) is 49.4 Å². The standard InChI is InChI=1S/C16H16BrClO2/c1-3-20-11-8-9-12(14(17)10-11)16(18)13-6-4-5-7-15(13)19-2/h4-10,16H,3H2,1-2H3. The molecule has 2 aromatic rings. The molecule has 1 atom stereocenters. The molecule has 20 heavy (non-hydrogen) atoms. The summed E-state index contributed by atoms with van der Waals surface area (Å²) in [5, 5.41) is -0.281. The van der Waals surface area contributed by atoms with E-state index in [1.54, 1.807) is 7.11 Å². The summed E-state index contributed by atoms with van der Waals surface area (Å²) >= 11 is 10.2. The minimum atomic E-state index is -0.281. The van der Waals surface area contributed by atoms with Gasteiger partial charge in [-0.1, -0.05) is 40.2 Å². The lowest BCUT2D eigenvalue weighted by atomic mass is 10.0. The average molecular weight is 356 g/mol. The molecule has 0 radical (unpaired) electrons. The van der Waals surface area contributed by atoms with Crippen LogP contribution in [-0.2, 0) is 0 Å². The first-order chi connectivity index (χ1) is 9.67. The maximum atomic E-state index is 6.60. The lowest BCUT2D eigenvalue weighted by Crippen LogP contribution is -1.99. The molecule has 0 fully saturated rings. The number of alkyl halides is 1. The van der Waals surface area contributed by atoms with E-state index >= 15 is 0 Å². The van der Waals surface area contributed by atoms with Gasteiger partial charge in [0.05, 0.1) is 19.1 Å². The van der Waals surface area contributed by atoms with Crippen LogP contribution in [0.5, 0.6) is 11.5 Å². The molecule has 2 aromatic carbocycles. The highest BCUT2D eigenvalue weighted by Crippen LogP contribution is 2.39. The van der Waals surface area contributed by atoms with E-state index in [0.29, 0.717) is 6.61 Å². The Kier molecular flexibility index (Phi) is 5.32. The van der Waals surface area contributed by atoms with Crippen LogP contribution in [0.25, 0.3) is 0 Å². The zero-order valence-corrected chi connectivity index (χ0v) is 13.7. The Morgan fingerprint density at radius 2 is 1.90 bits per heavy atom. The summed E-state index contributed by atoms with van der Waals surface area (Å²) in [5.74, 6) is 1.61. The summed E-state index contributed by atoms with van der Waals surface area (Å²) in [6, 6.07) is 13.6. The Balaban J connectivity index is 2.35. The third kappa shape index (κ3) is 3.28. The molecule has 0 aliphatic carbocycles. The smallest absolute Gasteiger partial charge is 0.123 e. The van der Waals surface area contributed by atoms with Crippen LogP contribution >= 0.6 is 27.5 Å². The molecule has 0 aliphatic heterocycles. The fourth-order valence-electron chi connectivity index (χ4n) is 2.01. The molecule has 0 spiro atoms. The molecular weight excluding hydrogens is 340 g/mol. The molecule has 106 valence electrons. The monoisotopic (exact) mass is 354 g/mol. The van der Waals surface area contributed by atoms with Crippen LogP contribution < -0.4 is 9.47 Å². The maximum absolute atomic E-state index is 6.60.